The Bertz CT molecular complexity index is 872. The number of allylic oxidation sites excluding steroid dienone is 1. The van der Waals surface area contributed by atoms with E-state index in [1.165, 1.54) is 11.3 Å². The van der Waals surface area contributed by atoms with Crippen molar-refractivity contribution in [2.24, 2.45) is 0 Å². The van der Waals surface area contributed by atoms with Gasteiger partial charge in [-0.15, -0.1) is 0 Å². The Morgan fingerprint density at radius 3 is 2.58 bits per heavy atom. The molecule has 1 atom stereocenters. The molecule has 0 aliphatic carbocycles. The fourth-order valence-corrected chi connectivity index (χ4v) is 4.30. The zero-order chi connectivity index (χ0) is 18.9. The predicted octanol–water partition coefficient (Wildman–Crippen LogP) is 6.52. The zero-order valence-electron chi connectivity index (χ0n) is 15.9. The molecule has 2 aromatic carbocycles. The molecule has 3 rings (SSSR count). The number of hydrogen-bond donors (Lipinski definition) is 0. The summed E-state index contributed by atoms with van der Waals surface area (Å²) in [7, 11) is 0. The van der Waals surface area contributed by atoms with Gasteiger partial charge in [0.05, 0.1) is 11.6 Å². The third-order valence-electron chi connectivity index (χ3n) is 5.31. The highest BCUT2D eigenvalue weighted by atomic mass is 35.5. The largest absolute Gasteiger partial charge is 0.366 e. The number of halogens is 1. The van der Waals surface area contributed by atoms with Crippen molar-refractivity contribution in [3.05, 3.63) is 64.2 Å². The summed E-state index contributed by atoms with van der Waals surface area (Å²) in [6, 6.07) is 16.3. The second-order valence-corrected chi connectivity index (χ2v) is 8.09. The van der Waals surface area contributed by atoms with Crippen molar-refractivity contribution >= 4 is 28.9 Å². The third-order valence-corrected chi connectivity index (χ3v) is 5.56. The Labute approximate surface area is 161 Å². The highest BCUT2D eigenvalue weighted by molar-refractivity contribution is 6.30. The Morgan fingerprint density at radius 2 is 1.96 bits per heavy atom. The van der Waals surface area contributed by atoms with Gasteiger partial charge in [-0.1, -0.05) is 36.7 Å². The van der Waals surface area contributed by atoms with Crippen molar-refractivity contribution in [1.82, 2.24) is 0 Å². The van der Waals surface area contributed by atoms with Crippen molar-refractivity contribution in [2.45, 2.75) is 45.6 Å². The first-order valence-corrected chi connectivity index (χ1v) is 9.53. The normalized spacial score (nSPS) is 19.0. The maximum absolute atomic E-state index is 9.59. The molecule has 26 heavy (non-hydrogen) atoms. The van der Waals surface area contributed by atoms with Crippen molar-refractivity contribution in [1.29, 1.82) is 5.26 Å². The second-order valence-electron chi connectivity index (χ2n) is 7.66. The molecule has 0 amide bonds. The maximum atomic E-state index is 9.59. The molecule has 0 radical (unpaired) electrons. The lowest BCUT2D eigenvalue weighted by Gasteiger charge is -2.47. The number of anilines is 1. The lowest BCUT2D eigenvalue weighted by atomic mass is 9.79. The first kappa shape index (κ1) is 18.5. The first-order valence-electron chi connectivity index (χ1n) is 9.15. The fraction of sp³-hybridized carbons (Fsp3) is 0.348. The van der Waals surface area contributed by atoms with E-state index >= 15 is 0 Å². The van der Waals surface area contributed by atoms with E-state index in [0.717, 1.165) is 24.1 Å². The first-order chi connectivity index (χ1) is 12.4. The van der Waals surface area contributed by atoms with Gasteiger partial charge in [-0.3, -0.25) is 0 Å². The molecule has 0 fully saturated rings. The van der Waals surface area contributed by atoms with Crippen molar-refractivity contribution < 1.29 is 0 Å². The van der Waals surface area contributed by atoms with Crippen LogP contribution in [-0.4, -0.2) is 12.1 Å². The molecular formula is C23H25ClN2. The summed E-state index contributed by atoms with van der Waals surface area (Å²) in [6.07, 6.45) is 3.09. The number of hydrogen-bond acceptors (Lipinski definition) is 2. The number of nitrogens with zero attached hydrogens (tertiary/aromatic N) is 2. The van der Waals surface area contributed by atoms with Crippen LogP contribution >= 0.6 is 11.6 Å². The van der Waals surface area contributed by atoms with Crippen LogP contribution in [0.15, 0.2) is 42.5 Å². The van der Waals surface area contributed by atoms with E-state index in [-0.39, 0.29) is 5.54 Å². The molecule has 1 aliphatic rings. The Kier molecular flexibility index (Phi) is 5.12. The third kappa shape index (κ3) is 3.50. The van der Waals surface area contributed by atoms with Crippen molar-refractivity contribution in [3.63, 3.8) is 0 Å². The van der Waals surface area contributed by atoms with E-state index < -0.39 is 0 Å². The summed E-state index contributed by atoms with van der Waals surface area (Å²) in [4.78, 5) is 2.49. The standard InChI is InChI=1S/C23H25ClN2/c1-5-26-22-11-6-17(13-21(22)16(2)14-23(26,3)4)12-19(15-25)18-7-9-20(24)10-8-18/h6-13,16H,5,14H2,1-4H3/b19-12-/t16-/m1/s1. The summed E-state index contributed by atoms with van der Waals surface area (Å²) < 4.78 is 0. The Morgan fingerprint density at radius 1 is 1.27 bits per heavy atom. The number of benzene rings is 2. The molecule has 0 saturated carbocycles. The Hall–Kier alpha value is -2.24. The van der Waals surface area contributed by atoms with Gasteiger partial charge in [-0.25, -0.2) is 0 Å². The summed E-state index contributed by atoms with van der Waals surface area (Å²) in [5.41, 5.74) is 5.46. The summed E-state index contributed by atoms with van der Waals surface area (Å²) in [5, 5.41) is 10.3. The molecule has 2 aromatic rings. The van der Waals surface area contributed by atoms with E-state index in [4.69, 9.17) is 11.6 Å². The minimum Gasteiger partial charge on any atom is -0.366 e. The van der Waals surface area contributed by atoms with Gasteiger partial charge in [0.15, 0.2) is 0 Å². The van der Waals surface area contributed by atoms with E-state index in [0.29, 0.717) is 16.5 Å². The van der Waals surface area contributed by atoms with Gasteiger partial charge in [-0.2, -0.15) is 5.26 Å². The zero-order valence-corrected chi connectivity index (χ0v) is 16.6. The van der Waals surface area contributed by atoms with E-state index in [1.54, 1.807) is 0 Å². The van der Waals surface area contributed by atoms with Gasteiger partial charge in [0.2, 0.25) is 0 Å². The van der Waals surface area contributed by atoms with Crippen LogP contribution in [0.5, 0.6) is 0 Å². The minimum atomic E-state index is 0.166. The molecule has 134 valence electrons. The topological polar surface area (TPSA) is 27.0 Å². The lowest BCUT2D eigenvalue weighted by Crippen LogP contribution is -2.48. The van der Waals surface area contributed by atoms with Gasteiger partial charge in [-0.05, 0) is 80.1 Å². The SMILES string of the molecule is CCN1c2ccc(/C=C(/C#N)c3ccc(Cl)cc3)cc2[C@H](C)CC1(C)C. The van der Waals surface area contributed by atoms with Crippen LogP contribution in [0.4, 0.5) is 5.69 Å². The number of fused-ring (bicyclic) bond motifs is 1. The molecule has 0 spiro atoms. The van der Waals surface area contributed by atoms with E-state index in [2.05, 4.69) is 56.9 Å². The van der Waals surface area contributed by atoms with Crippen LogP contribution in [0.1, 0.15) is 56.7 Å². The van der Waals surface area contributed by atoms with Crippen LogP contribution in [0, 0.1) is 11.3 Å². The molecule has 0 bridgehead atoms. The molecule has 0 aromatic heterocycles. The average molecular weight is 365 g/mol. The highest BCUT2D eigenvalue weighted by Gasteiger charge is 2.35. The van der Waals surface area contributed by atoms with Crippen LogP contribution in [0.3, 0.4) is 0 Å². The summed E-state index contributed by atoms with van der Waals surface area (Å²) in [5.74, 6) is 0.497. The molecular weight excluding hydrogens is 340 g/mol. The van der Waals surface area contributed by atoms with Gasteiger partial charge in [0.25, 0.3) is 0 Å². The maximum Gasteiger partial charge on any atom is 0.0998 e. The molecule has 0 N–H and O–H groups in total. The summed E-state index contributed by atoms with van der Waals surface area (Å²) >= 11 is 5.96. The molecule has 2 nitrogen and oxygen atoms in total. The van der Waals surface area contributed by atoms with Crippen LogP contribution < -0.4 is 4.90 Å². The summed E-state index contributed by atoms with van der Waals surface area (Å²) in [6.45, 7) is 10.1. The Balaban J connectivity index is 2.02. The molecule has 1 aliphatic heterocycles. The monoisotopic (exact) mass is 364 g/mol. The van der Waals surface area contributed by atoms with Crippen LogP contribution in [0.25, 0.3) is 11.6 Å². The highest BCUT2D eigenvalue weighted by Crippen LogP contribution is 2.43. The van der Waals surface area contributed by atoms with E-state index in [9.17, 15) is 5.26 Å². The number of nitriles is 1. The minimum absolute atomic E-state index is 0.166. The van der Waals surface area contributed by atoms with Crippen LogP contribution in [-0.2, 0) is 0 Å². The molecule has 0 unspecified atom stereocenters. The average Bonchev–Trinajstić information content (AvgIpc) is 2.60. The second kappa shape index (κ2) is 7.17. The molecule has 1 heterocycles. The quantitative estimate of drug-likeness (QED) is 0.458. The molecule has 3 heteroatoms. The van der Waals surface area contributed by atoms with Gasteiger partial charge in [0, 0.05) is 22.8 Å². The van der Waals surface area contributed by atoms with Gasteiger partial charge < -0.3 is 4.90 Å². The van der Waals surface area contributed by atoms with Gasteiger partial charge >= 0.3 is 0 Å². The van der Waals surface area contributed by atoms with Crippen molar-refractivity contribution in [2.75, 3.05) is 11.4 Å². The van der Waals surface area contributed by atoms with E-state index in [1.807, 2.05) is 30.3 Å². The van der Waals surface area contributed by atoms with Gasteiger partial charge in [0.1, 0.15) is 0 Å². The fourth-order valence-electron chi connectivity index (χ4n) is 4.17. The smallest absolute Gasteiger partial charge is 0.0998 e. The number of rotatable bonds is 3. The lowest BCUT2D eigenvalue weighted by molar-refractivity contribution is 0.381. The van der Waals surface area contributed by atoms with Crippen LogP contribution in [0.2, 0.25) is 5.02 Å². The predicted molar refractivity (Wildman–Crippen MR) is 112 cm³/mol. The van der Waals surface area contributed by atoms with Crippen molar-refractivity contribution in [3.8, 4) is 6.07 Å². The molecule has 0 saturated heterocycles.